The van der Waals surface area contributed by atoms with Crippen molar-refractivity contribution in [3.8, 4) is 11.5 Å². The highest BCUT2D eigenvalue weighted by atomic mass is 16.7. The summed E-state index contributed by atoms with van der Waals surface area (Å²) in [6.07, 6.45) is 11.8. The second-order valence-corrected chi connectivity index (χ2v) is 9.05. The van der Waals surface area contributed by atoms with E-state index in [-0.39, 0.29) is 30.8 Å². The van der Waals surface area contributed by atoms with Gasteiger partial charge in [0.1, 0.15) is 12.0 Å². The molecule has 0 aromatic heterocycles. The van der Waals surface area contributed by atoms with Crippen molar-refractivity contribution in [2.24, 2.45) is 5.92 Å². The molecule has 0 radical (unpaired) electrons. The van der Waals surface area contributed by atoms with Gasteiger partial charge in [-0.1, -0.05) is 57.4 Å². The van der Waals surface area contributed by atoms with Crippen molar-refractivity contribution < 1.29 is 29.0 Å². The van der Waals surface area contributed by atoms with Gasteiger partial charge in [-0.25, -0.2) is 0 Å². The summed E-state index contributed by atoms with van der Waals surface area (Å²) in [7, 11) is 0. The van der Waals surface area contributed by atoms with Gasteiger partial charge < -0.3 is 14.6 Å². The van der Waals surface area contributed by atoms with Crippen LogP contribution in [0.1, 0.15) is 89.0 Å². The fraction of sp³-hybridized carbons (Fsp3) is 0.654. The number of aliphatic hydroxyl groups excluding tert-OH is 1. The number of fused-ring (bicyclic) bond motifs is 1. The zero-order chi connectivity index (χ0) is 22.8. The quantitative estimate of drug-likeness (QED) is 0.330. The van der Waals surface area contributed by atoms with E-state index in [0.717, 1.165) is 37.2 Å². The van der Waals surface area contributed by atoms with Crippen molar-refractivity contribution in [1.29, 1.82) is 0 Å². The Kier molecular flexibility index (Phi) is 9.72. The van der Waals surface area contributed by atoms with Crippen LogP contribution in [-0.2, 0) is 20.8 Å². The summed E-state index contributed by atoms with van der Waals surface area (Å²) in [5, 5.41) is 9.59. The number of aliphatic hydroxyl groups is 1. The van der Waals surface area contributed by atoms with Gasteiger partial charge in [-0.05, 0) is 43.4 Å². The minimum absolute atomic E-state index is 0.127. The number of hydrogen-bond donors (Lipinski definition) is 1. The highest BCUT2D eigenvalue weighted by molar-refractivity contribution is 6.21. The average molecular weight is 445 g/mol. The maximum Gasteiger partial charge on any atom is 0.231 e. The Morgan fingerprint density at radius 1 is 0.875 bits per heavy atom. The van der Waals surface area contributed by atoms with Crippen molar-refractivity contribution in [3.63, 3.8) is 0 Å². The van der Waals surface area contributed by atoms with E-state index in [2.05, 4.69) is 12.1 Å². The molecule has 1 saturated carbocycles. The van der Waals surface area contributed by atoms with Crippen molar-refractivity contribution in [2.45, 2.75) is 96.0 Å². The van der Waals surface area contributed by atoms with E-state index in [1.165, 1.54) is 44.1 Å². The van der Waals surface area contributed by atoms with Gasteiger partial charge in [0.25, 0.3) is 0 Å². The molecule has 0 saturated heterocycles. The zero-order valence-corrected chi connectivity index (χ0v) is 19.0. The first kappa shape index (κ1) is 24.4. The van der Waals surface area contributed by atoms with Crippen molar-refractivity contribution in [1.82, 2.24) is 0 Å². The predicted octanol–water partition coefficient (Wildman–Crippen LogP) is 4.73. The largest absolute Gasteiger partial charge is 0.454 e. The van der Waals surface area contributed by atoms with Gasteiger partial charge in [0.15, 0.2) is 28.8 Å². The molecule has 6 heteroatoms. The van der Waals surface area contributed by atoms with Gasteiger partial charge in [-0.15, -0.1) is 0 Å². The van der Waals surface area contributed by atoms with E-state index in [1.807, 2.05) is 6.07 Å². The van der Waals surface area contributed by atoms with Gasteiger partial charge in [-0.2, -0.15) is 0 Å². The molecular formula is C26H36O6. The minimum atomic E-state index is -1.20. The number of Topliss-reactive ketones (excluding diaryl/α,β-unsaturated/α-hetero) is 3. The second-order valence-electron chi connectivity index (χ2n) is 9.05. The maximum atomic E-state index is 12.2. The number of aryl methyl sites for hydroxylation is 1. The molecule has 2 atom stereocenters. The van der Waals surface area contributed by atoms with E-state index >= 15 is 0 Å². The SMILES string of the molecule is O=C(CCCCCCCCCCCCc1ccc2c(c1)OCO2)[C@H]1C(=O)CC[C@@H](O)C1=O. The molecule has 0 bridgehead atoms. The van der Waals surface area contributed by atoms with Crippen LogP contribution in [0.4, 0.5) is 0 Å². The molecule has 3 rings (SSSR count). The molecular weight excluding hydrogens is 408 g/mol. The topological polar surface area (TPSA) is 89.9 Å². The summed E-state index contributed by atoms with van der Waals surface area (Å²) in [6, 6.07) is 6.20. The van der Waals surface area contributed by atoms with E-state index in [1.54, 1.807) is 0 Å². The van der Waals surface area contributed by atoms with Crippen LogP contribution >= 0.6 is 0 Å². The summed E-state index contributed by atoms with van der Waals surface area (Å²) in [6.45, 7) is 0.324. The van der Waals surface area contributed by atoms with Crippen LogP contribution in [0.3, 0.4) is 0 Å². The number of benzene rings is 1. The van der Waals surface area contributed by atoms with Gasteiger partial charge in [-0.3, -0.25) is 14.4 Å². The lowest BCUT2D eigenvalue weighted by Gasteiger charge is -2.22. The van der Waals surface area contributed by atoms with Gasteiger partial charge in [0, 0.05) is 12.8 Å². The van der Waals surface area contributed by atoms with E-state index in [4.69, 9.17) is 9.47 Å². The smallest absolute Gasteiger partial charge is 0.231 e. The van der Waals surface area contributed by atoms with Crippen LogP contribution in [0.2, 0.25) is 0 Å². The summed E-state index contributed by atoms with van der Waals surface area (Å²) >= 11 is 0. The van der Waals surface area contributed by atoms with E-state index < -0.39 is 17.8 Å². The monoisotopic (exact) mass is 444 g/mol. The number of carbonyl (C=O) groups is 3. The predicted molar refractivity (Wildman–Crippen MR) is 121 cm³/mol. The third-order valence-electron chi connectivity index (χ3n) is 6.50. The number of unbranched alkanes of at least 4 members (excludes halogenated alkanes) is 9. The van der Waals surface area contributed by atoms with Crippen LogP contribution in [0.15, 0.2) is 18.2 Å². The molecule has 0 spiro atoms. The number of ether oxygens (including phenoxy) is 2. The lowest BCUT2D eigenvalue weighted by Crippen LogP contribution is -2.43. The molecule has 1 aromatic rings. The highest BCUT2D eigenvalue weighted by Gasteiger charge is 2.40. The molecule has 6 nitrogen and oxygen atoms in total. The van der Waals surface area contributed by atoms with Crippen molar-refractivity contribution >= 4 is 17.3 Å². The maximum absolute atomic E-state index is 12.2. The molecule has 32 heavy (non-hydrogen) atoms. The Bertz CT molecular complexity index is 787. The van der Waals surface area contributed by atoms with Gasteiger partial charge >= 0.3 is 0 Å². The molecule has 0 unspecified atom stereocenters. The van der Waals surface area contributed by atoms with Gasteiger partial charge in [0.2, 0.25) is 6.79 Å². The van der Waals surface area contributed by atoms with Crippen LogP contribution in [0, 0.1) is 5.92 Å². The molecule has 1 N–H and O–H groups in total. The highest BCUT2D eigenvalue weighted by Crippen LogP contribution is 2.33. The average Bonchev–Trinajstić information content (AvgIpc) is 3.25. The van der Waals surface area contributed by atoms with E-state index in [9.17, 15) is 19.5 Å². The first-order valence-corrected chi connectivity index (χ1v) is 12.2. The van der Waals surface area contributed by atoms with E-state index in [0.29, 0.717) is 13.2 Å². The minimum Gasteiger partial charge on any atom is -0.454 e. The fourth-order valence-electron chi connectivity index (χ4n) is 4.54. The Hall–Kier alpha value is -2.21. The Morgan fingerprint density at radius 3 is 2.22 bits per heavy atom. The summed E-state index contributed by atoms with van der Waals surface area (Å²) in [4.78, 5) is 35.9. The molecule has 1 aliphatic heterocycles. The molecule has 176 valence electrons. The summed E-state index contributed by atoms with van der Waals surface area (Å²) in [5.74, 6) is -0.720. The first-order valence-electron chi connectivity index (χ1n) is 12.2. The summed E-state index contributed by atoms with van der Waals surface area (Å²) in [5.41, 5.74) is 1.31. The Labute approximate surface area is 190 Å². The van der Waals surface area contributed by atoms with Crippen LogP contribution < -0.4 is 9.47 Å². The second kappa shape index (κ2) is 12.7. The normalized spacial score (nSPS) is 20.0. The molecule has 0 amide bonds. The fourth-order valence-corrected chi connectivity index (χ4v) is 4.54. The molecule has 1 aliphatic carbocycles. The standard InChI is InChI=1S/C26H36O6/c27-20(25-21(28)14-15-22(29)26(25)30)12-10-8-6-4-2-1-3-5-7-9-11-19-13-16-23-24(17-19)32-18-31-23/h13,16-17,22,25,29H,1-12,14-15,18H2/t22-,25+/m1/s1. The lowest BCUT2D eigenvalue weighted by molar-refractivity contribution is -0.147. The third-order valence-corrected chi connectivity index (χ3v) is 6.50. The zero-order valence-electron chi connectivity index (χ0n) is 19.0. The van der Waals surface area contributed by atoms with Gasteiger partial charge in [0.05, 0.1) is 0 Å². The number of carbonyl (C=O) groups excluding carboxylic acids is 3. The number of ketones is 3. The van der Waals surface area contributed by atoms with Crippen LogP contribution in [-0.4, -0.2) is 35.4 Å². The van der Waals surface area contributed by atoms with Crippen LogP contribution in [0.25, 0.3) is 0 Å². The van der Waals surface area contributed by atoms with Crippen molar-refractivity contribution in [2.75, 3.05) is 6.79 Å². The lowest BCUT2D eigenvalue weighted by atomic mass is 9.81. The third kappa shape index (κ3) is 7.16. The number of rotatable bonds is 14. The first-order chi connectivity index (χ1) is 15.6. The molecule has 1 heterocycles. The Morgan fingerprint density at radius 2 is 1.50 bits per heavy atom. The molecule has 2 aliphatic rings. The van der Waals surface area contributed by atoms with Crippen molar-refractivity contribution in [3.05, 3.63) is 23.8 Å². The Balaban J connectivity index is 1.13. The molecule has 1 aromatic carbocycles. The van der Waals surface area contributed by atoms with Crippen LogP contribution in [0.5, 0.6) is 11.5 Å². The molecule has 1 fully saturated rings. The number of hydrogen-bond acceptors (Lipinski definition) is 6. The summed E-state index contributed by atoms with van der Waals surface area (Å²) < 4.78 is 10.8.